The van der Waals surface area contributed by atoms with Gasteiger partial charge in [0.05, 0.1) is 12.7 Å². The fraction of sp³-hybridized carbons (Fsp3) is 0.800. The zero-order valence-corrected chi connectivity index (χ0v) is 8.71. The highest BCUT2D eigenvalue weighted by molar-refractivity contribution is 5.66. The van der Waals surface area contributed by atoms with Crippen molar-refractivity contribution < 1.29 is 9.53 Å². The summed E-state index contributed by atoms with van der Waals surface area (Å²) in [5.74, 6) is 0. The van der Waals surface area contributed by atoms with E-state index in [-0.39, 0.29) is 6.09 Å². The average molecular weight is 198 g/mol. The van der Waals surface area contributed by atoms with E-state index in [0.717, 1.165) is 25.7 Å². The molecule has 0 atom stereocenters. The van der Waals surface area contributed by atoms with E-state index in [1.165, 1.54) is 0 Å². The van der Waals surface area contributed by atoms with Gasteiger partial charge in [0, 0.05) is 13.0 Å². The van der Waals surface area contributed by atoms with Crippen LogP contribution in [0.4, 0.5) is 4.79 Å². The summed E-state index contributed by atoms with van der Waals surface area (Å²) < 4.78 is 4.87. The van der Waals surface area contributed by atoms with Crippen molar-refractivity contribution in [1.29, 1.82) is 5.26 Å². The minimum Gasteiger partial charge on any atom is -0.450 e. The summed E-state index contributed by atoms with van der Waals surface area (Å²) in [5, 5.41) is 10.9. The third-order valence-electron chi connectivity index (χ3n) is 1.72. The number of unbranched alkanes of at least 4 members (excludes halogenated alkanes) is 3. The van der Waals surface area contributed by atoms with Crippen molar-refractivity contribution in [3.63, 3.8) is 0 Å². The van der Waals surface area contributed by atoms with Gasteiger partial charge in [0.2, 0.25) is 0 Å². The van der Waals surface area contributed by atoms with E-state index < -0.39 is 0 Å². The Bertz CT molecular complexity index is 187. The molecule has 0 aliphatic rings. The first-order chi connectivity index (χ1) is 6.81. The zero-order valence-electron chi connectivity index (χ0n) is 8.71. The number of nitriles is 1. The average Bonchev–Trinajstić information content (AvgIpc) is 2.18. The van der Waals surface area contributed by atoms with E-state index >= 15 is 0 Å². The molecule has 0 spiro atoms. The topological polar surface area (TPSA) is 62.1 Å². The van der Waals surface area contributed by atoms with Crippen LogP contribution in [-0.2, 0) is 4.74 Å². The number of carbonyl (C=O) groups is 1. The molecule has 4 nitrogen and oxygen atoms in total. The number of hydrogen-bond donors (Lipinski definition) is 1. The first-order valence-electron chi connectivity index (χ1n) is 5.08. The summed E-state index contributed by atoms with van der Waals surface area (Å²) in [7, 11) is 0. The van der Waals surface area contributed by atoms with Crippen LogP contribution in [0.2, 0.25) is 0 Å². The number of rotatable bonds is 7. The van der Waals surface area contributed by atoms with Gasteiger partial charge in [0.1, 0.15) is 0 Å². The minimum absolute atomic E-state index is 0.351. The van der Waals surface area contributed by atoms with Crippen LogP contribution < -0.4 is 5.32 Å². The quantitative estimate of drug-likeness (QED) is 0.638. The SMILES string of the molecule is CCCCOC(=O)NCCCCC#N. The van der Waals surface area contributed by atoms with Gasteiger partial charge in [-0.3, -0.25) is 0 Å². The molecule has 0 saturated carbocycles. The maximum atomic E-state index is 11.0. The normalized spacial score (nSPS) is 9.14. The van der Waals surface area contributed by atoms with Gasteiger partial charge in [-0.1, -0.05) is 13.3 Å². The summed E-state index contributed by atoms with van der Waals surface area (Å²) in [5.41, 5.74) is 0. The van der Waals surface area contributed by atoms with Crippen LogP contribution in [0.25, 0.3) is 0 Å². The Labute approximate surface area is 85.2 Å². The fourth-order valence-electron chi connectivity index (χ4n) is 0.880. The molecule has 80 valence electrons. The summed E-state index contributed by atoms with van der Waals surface area (Å²) in [6, 6.07) is 2.05. The summed E-state index contributed by atoms with van der Waals surface area (Å²) >= 11 is 0. The second-order valence-electron chi connectivity index (χ2n) is 3.03. The molecule has 0 heterocycles. The Morgan fingerprint density at radius 1 is 1.43 bits per heavy atom. The number of alkyl carbamates (subject to hydrolysis) is 1. The molecule has 0 aromatic rings. The number of nitrogens with one attached hydrogen (secondary N) is 1. The summed E-state index contributed by atoms with van der Waals surface area (Å²) in [6.07, 6.45) is 3.78. The number of hydrogen-bond acceptors (Lipinski definition) is 3. The molecule has 0 unspecified atom stereocenters. The number of nitrogens with zero attached hydrogens (tertiary/aromatic N) is 1. The van der Waals surface area contributed by atoms with Crippen LogP contribution in [-0.4, -0.2) is 19.2 Å². The van der Waals surface area contributed by atoms with Gasteiger partial charge in [-0.2, -0.15) is 5.26 Å². The van der Waals surface area contributed by atoms with E-state index in [1.807, 2.05) is 6.92 Å². The van der Waals surface area contributed by atoms with Crippen molar-refractivity contribution in [2.24, 2.45) is 0 Å². The molecule has 1 N–H and O–H groups in total. The van der Waals surface area contributed by atoms with Gasteiger partial charge in [-0.15, -0.1) is 0 Å². The molecule has 0 aliphatic heterocycles. The smallest absolute Gasteiger partial charge is 0.407 e. The lowest BCUT2D eigenvalue weighted by atomic mass is 10.2. The predicted octanol–water partition coefficient (Wildman–Crippen LogP) is 2.21. The van der Waals surface area contributed by atoms with Crippen molar-refractivity contribution in [2.75, 3.05) is 13.2 Å². The molecular weight excluding hydrogens is 180 g/mol. The number of ether oxygens (including phenoxy) is 1. The zero-order chi connectivity index (χ0) is 10.6. The molecule has 0 aromatic heterocycles. The standard InChI is InChI=1S/C10H18N2O2/c1-2-3-9-14-10(13)12-8-6-4-5-7-11/h2-6,8-9H2,1H3,(H,12,13). The summed E-state index contributed by atoms with van der Waals surface area (Å²) in [6.45, 7) is 3.12. The van der Waals surface area contributed by atoms with Crippen molar-refractivity contribution >= 4 is 6.09 Å². The molecule has 0 rings (SSSR count). The van der Waals surface area contributed by atoms with Crippen LogP contribution >= 0.6 is 0 Å². The van der Waals surface area contributed by atoms with Crippen LogP contribution in [0.1, 0.15) is 39.0 Å². The molecule has 0 aromatic carbocycles. The van der Waals surface area contributed by atoms with Crippen molar-refractivity contribution in [2.45, 2.75) is 39.0 Å². The van der Waals surface area contributed by atoms with Gasteiger partial charge in [-0.25, -0.2) is 4.79 Å². The van der Waals surface area contributed by atoms with Gasteiger partial charge in [0.15, 0.2) is 0 Å². The molecular formula is C10H18N2O2. The molecule has 0 radical (unpaired) electrons. The highest BCUT2D eigenvalue weighted by Crippen LogP contribution is 1.92. The van der Waals surface area contributed by atoms with E-state index in [0.29, 0.717) is 19.6 Å². The first kappa shape index (κ1) is 12.8. The van der Waals surface area contributed by atoms with Gasteiger partial charge in [0.25, 0.3) is 0 Å². The van der Waals surface area contributed by atoms with E-state index in [1.54, 1.807) is 0 Å². The lowest BCUT2D eigenvalue weighted by Gasteiger charge is -2.05. The lowest BCUT2D eigenvalue weighted by Crippen LogP contribution is -2.25. The Morgan fingerprint density at radius 2 is 2.21 bits per heavy atom. The molecule has 14 heavy (non-hydrogen) atoms. The van der Waals surface area contributed by atoms with Gasteiger partial charge in [-0.05, 0) is 19.3 Å². The first-order valence-corrected chi connectivity index (χ1v) is 5.08. The molecule has 1 amide bonds. The third kappa shape index (κ3) is 8.85. The molecule has 4 heteroatoms. The van der Waals surface area contributed by atoms with Gasteiger partial charge >= 0.3 is 6.09 Å². The van der Waals surface area contributed by atoms with Gasteiger partial charge < -0.3 is 10.1 Å². The van der Waals surface area contributed by atoms with Crippen molar-refractivity contribution in [1.82, 2.24) is 5.32 Å². The van der Waals surface area contributed by atoms with Crippen molar-refractivity contribution in [3.8, 4) is 6.07 Å². The number of carbonyl (C=O) groups excluding carboxylic acids is 1. The molecule has 0 fully saturated rings. The molecule has 0 saturated heterocycles. The largest absolute Gasteiger partial charge is 0.450 e. The lowest BCUT2D eigenvalue weighted by molar-refractivity contribution is 0.144. The highest BCUT2D eigenvalue weighted by atomic mass is 16.5. The second-order valence-corrected chi connectivity index (χ2v) is 3.03. The fourth-order valence-corrected chi connectivity index (χ4v) is 0.880. The van der Waals surface area contributed by atoms with Crippen LogP contribution in [0.3, 0.4) is 0 Å². The second kappa shape index (κ2) is 9.85. The monoisotopic (exact) mass is 198 g/mol. The van der Waals surface area contributed by atoms with Crippen molar-refractivity contribution in [3.05, 3.63) is 0 Å². The Kier molecular flexibility index (Phi) is 8.97. The van der Waals surface area contributed by atoms with E-state index in [4.69, 9.17) is 10.00 Å². The maximum Gasteiger partial charge on any atom is 0.407 e. The maximum absolute atomic E-state index is 11.0. The number of amides is 1. The van der Waals surface area contributed by atoms with Crippen LogP contribution in [0.15, 0.2) is 0 Å². The van der Waals surface area contributed by atoms with E-state index in [9.17, 15) is 4.79 Å². The predicted molar refractivity (Wildman–Crippen MR) is 53.7 cm³/mol. The summed E-state index contributed by atoms with van der Waals surface area (Å²) in [4.78, 5) is 11.0. The molecule has 0 bridgehead atoms. The Balaban J connectivity index is 3.15. The highest BCUT2D eigenvalue weighted by Gasteiger charge is 1.99. The molecule has 0 aliphatic carbocycles. The Morgan fingerprint density at radius 3 is 2.86 bits per heavy atom. The third-order valence-corrected chi connectivity index (χ3v) is 1.72. The van der Waals surface area contributed by atoms with Crippen LogP contribution in [0.5, 0.6) is 0 Å². The minimum atomic E-state index is -0.351. The van der Waals surface area contributed by atoms with E-state index in [2.05, 4.69) is 11.4 Å². The Hall–Kier alpha value is -1.24. The van der Waals surface area contributed by atoms with Crippen LogP contribution in [0, 0.1) is 11.3 Å².